The van der Waals surface area contributed by atoms with Crippen molar-refractivity contribution in [3.63, 3.8) is 0 Å². The zero-order valence-corrected chi connectivity index (χ0v) is 8.92. The van der Waals surface area contributed by atoms with E-state index in [4.69, 9.17) is 0 Å². The molecule has 0 atom stereocenters. The second kappa shape index (κ2) is 3.94. The highest BCUT2D eigenvalue weighted by atomic mass is 32.1. The lowest BCUT2D eigenvalue weighted by molar-refractivity contribution is 0.102. The Bertz CT molecular complexity index is 489. The smallest absolute Gasteiger partial charge is 0.241 e. The SMILES string of the molecule is CCn1ccnc1C(=O)c1sccc1F. The van der Waals surface area contributed by atoms with Gasteiger partial charge in [0, 0.05) is 18.9 Å². The van der Waals surface area contributed by atoms with Crippen molar-refractivity contribution in [1.29, 1.82) is 0 Å². The minimum Gasteiger partial charge on any atom is -0.328 e. The van der Waals surface area contributed by atoms with E-state index in [1.165, 1.54) is 6.07 Å². The first kappa shape index (κ1) is 10.0. The summed E-state index contributed by atoms with van der Waals surface area (Å²) in [7, 11) is 0. The highest BCUT2D eigenvalue weighted by Crippen LogP contribution is 2.18. The van der Waals surface area contributed by atoms with Crippen LogP contribution in [-0.4, -0.2) is 15.3 Å². The van der Waals surface area contributed by atoms with Gasteiger partial charge in [0.25, 0.3) is 0 Å². The van der Waals surface area contributed by atoms with Crippen LogP contribution in [0.25, 0.3) is 0 Å². The molecule has 0 bridgehead atoms. The predicted octanol–water partition coefficient (Wildman–Crippen LogP) is 2.33. The molecule has 15 heavy (non-hydrogen) atoms. The van der Waals surface area contributed by atoms with Crippen LogP contribution in [0.1, 0.15) is 22.4 Å². The third-order valence-corrected chi connectivity index (χ3v) is 2.97. The minimum absolute atomic E-state index is 0.121. The monoisotopic (exact) mass is 224 g/mol. The minimum atomic E-state index is -0.476. The Hall–Kier alpha value is -1.49. The Morgan fingerprint density at radius 3 is 3.07 bits per heavy atom. The molecule has 2 heterocycles. The number of hydrogen-bond acceptors (Lipinski definition) is 3. The molecule has 2 aromatic heterocycles. The van der Waals surface area contributed by atoms with Crippen molar-refractivity contribution in [2.75, 3.05) is 0 Å². The van der Waals surface area contributed by atoms with Crippen molar-refractivity contribution in [3.05, 3.63) is 40.4 Å². The second-order valence-electron chi connectivity index (χ2n) is 2.96. The second-order valence-corrected chi connectivity index (χ2v) is 3.88. The fourth-order valence-electron chi connectivity index (χ4n) is 1.33. The van der Waals surface area contributed by atoms with Gasteiger partial charge in [-0.25, -0.2) is 9.37 Å². The molecule has 0 aliphatic carbocycles. The maximum absolute atomic E-state index is 13.2. The molecule has 0 N–H and O–H groups in total. The summed E-state index contributed by atoms with van der Waals surface area (Å²) >= 11 is 1.10. The number of halogens is 1. The molecule has 0 radical (unpaired) electrons. The lowest BCUT2D eigenvalue weighted by atomic mass is 10.3. The predicted molar refractivity (Wildman–Crippen MR) is 55.6 cm³/mol. The van der Waals surface area contributed by atoms with Crippen LogP contribution in [0.2, 0.25) is 0 Å². The standard InChI is InChI=1S/C10H9FN2OS/c1-2-13-5-4-12-10(13)8(14)9-7(11)3-6-15-9/h3-6H,2H2,1H3. The molecule has 5 heteroatoms. The van der Waals surface area contributed by atoms with Crippen molar-refractivity contribution in [3.8, 4) is 0 Å². The largest absolute Gasteiger partial charge is 0.328 e. The van der Waals surface area contributed by atoms with Crippen LogP contribution in [0.4, 0.5) is 4.39 Å². The number of hydrogen-bond donors (Lipinski definition) is 0. The van der Waals surface area contributed by atoms with Crippen molar-refractivity contribution in [2.45, 2.75) is 13.5 Å². The van der Waals surface area contributed by atoms with E-state index in [0.717, 1.165) is 11.3 Å². The molecule has 3 nitrogen and oxygen atoms in total. The van der Waals surface area contributed by atoms with Crippen LogP contribution in [-0.2, 0) is 6.54 Å². The Balaban J connectivity index is 2.41. The van der Waals surface area contributed by atoms with Gasteiger partial charge < -0.3 is 4.57 Å². The van der Waals surface area contributed by atoms with E-state index >= 15 is 0 Å². The van der Waals surface area contributed by atoms with Crippen LogP contribution in [0.3, 0.4) is 0 Å². The Labute approximate surface area is 90.2 Å². The van der Waals surface area contributed by atoms with E-state index in [1.54, 1.807) is 22.3 Å². The number of nitrogens with zero attached hydrogens (tertiary/aromatic N) is 2. The summed E-state index contributed by atoms with van der Waals surface area (Å²) in [5.41, 5.74) is 0. The third-order valence-electron chi connectivity index (χ3n) is 2.08. The topological polar surface area (TPSA) is 34.9 Å². The first-order valence-corrected chi connectivity index (χ1v) is 5.40. The lowest BCUT2D eigenvalue weighted by Crippen LogP contribution is -2.10. The van der Waals surface area contributed by atoms with E-state index in [1.807, 2.05) is 6.92 Å². The number of rotatable bonds is 3. The quantitative estimate of drug-likeness (QED) is 0.750. The summed E-state index contributed by atoms with van der Waals surface area (Å²) in [5.74, 6) is -0.538. The van der Waals surface area contributed by atoms with Crippen LogP contribution in [0.15, 0.2) is 23.8 Å². The maximum Gasteiger partial charge on any atom is 0.241 e. The van der Waals surface area contributed by atoms with Gasteiger partial charge in [0.1, 0.15) is 10.7 Å². The van der Waals surface area contributed by atoms with Crippen LogP contribution in [0, 0.1) is 5.82 Å². The molecule has 78 valence electrons. The average molecular weight is 224 g/mol. The number of aromatic nitrogens is 2. The Morgan fingerprint density at radius 2 is 2.47 bits per heavy atom. The number of ketones is 1. The molecule has 0 saturated heterocycles. The number of carbonyl (C=O) groups excluding carboxylic acids is 1. The Kier molecular flexibility index (Phi) is 2.64. The van der Waals surface area contributed by atoms with Crippen molar-refractivity contribution in [1.82, 2.24) is 9.55 Å². The molecule has 0 unspecified atom stereocenters. The summed E-state index contributed by atoms with van der Waals surface area (Å²) < 4.78 is 14.9. The molecule has 0 amide bonds. The van der Waals surface area contributed by atoms with Crippen LogP contribution in [0.5, 0.6) is 0 Å². The van der Waals surface area contributed by atoms with Gasteiger partial charge in [0.15, 0.2) is 5.82 Å². The van der Waals surface area contributed by atoms with Gasteiger partial charge in [-0.2, -0.15) is 0 Å². The van der Waals surface area contributed by atoms with Crippen LogP contribution >= 0.6 is 11.3 Å². The van der Waals surface area contributed by atoms with E-state index < -0.39 is 5.82 Å². The normalized spacial score (nSPS) is 10.5. The van der Waals surface area contributed by atoms with Gasteiger partial charge in [0.2, 0.25) is 5.78 Å². The van der Waals surface area contributed by atoms with E-state index in [2.05, 4.69) is 4.98 Å². The zero-order chi connectivity index (χ0) is 10.8. The Morgan fingerprint density at radius 1 is 1.67 bits per heavy atom. The molecule has 0 saturated carbocycles. The van der Waals surface area contributed by atoms with E-state index in [0.29, 0.717) is 12.4 Å². The fraction of sp³-hybridized carbons (Fsp3) is 0.200. The van der Waals surface area contributed by atoms with E-state index in [-0.39, 0.29) is 10.7 Å². The first-order chi connectivity index (χ1) is 7.24. The molecule has 0 aliphatic rings. The van der Waals surface area contributed by atoms with Crippen molar-refractivity contribution >= 4 is 17.1 Å². The zero-order valence-electron chi connectivity index (χ0n) is 8.11. The van der Waals surface area contributed by atoms with Gasteiger partial charge >= 0.3 is 0 Å². The molecule has 0 spiro atoms. The van der Waals surface area contributed by atoms with Gasteiger partial charge in [-0.05, 0) is 18.4 Å². The summed E-state index contributed by atoms with van der Waals surface area (Å²) in [5, 5.41) is 1.56. The molecule has 0 aliphatic heterocycles. The first-order valence-electron chi connectivity index (χ1n) is 4.53. The van der Waals surface area contributed by atoms with Gasteiger partial charge in [0.05, 0.1) is 0 Å². The van der Waals surface area contributed by atoms with Gasteiger partial charge in [-0.3, -0.25) is 4.79 Å². The summed E-state index contributed by atoms with van der Waals surface area (Å²) in [6, 6.07) is 1.29. The number of imidazole rings is 1. The van der Waals surface area contributed by atoms with Crippen molar-refractivity contribution in [2.24, 2.45) is 0 Å². The van der Waals surface area contributed by atoms with Gasteiger partial charge in [-0.15, -0.1) is 11.3 Å². The van der Waals surface area contributed by atoms with Gasteiger partial charge in [-0.1, -0.05) is 0 Å². The summed E-state index contributed by atoms with van der Waals surface area (Å²) in [6.45, 7) is 2.55. The molecule has 0 fully saturated rings. The lowest BCUT2D eigenvalue weighted by Gasteiger charge is -2.01. The highest BCUT2D eigenvalue weighted by molar-refractivity contribution is 7.12. The van der Waals surface area contributed by atoms with E-state index in [9.17, 15) is 9.18 Å². The molecule has 0 aromatic carbocycles. The number of aryl methyl sites for hydroxylation is 1. The highest BCUT2D eigenvalue weighted by Gasteiger charge is 2.19. The fourth-order valence-corrected chi connectivity index (χ4v) is 2.03. The number of carbonyl (C=O) groups is 1. The summed E-state index contributed by atoms with van der Waals surface area (Å²) in [4.78, 5) is 15.9. The summed E-state index contributed by atoms with van der Waals surface area (Å²) in [6.07, 6.45) is 3.25. The molecule has 2 aromatic rings. The van der Waals surface area contributed by atoms with Crippen LogP contribution < -0.4 is 0 Å². The average Bonchev–Trinajstić information content (AvgIpc) is 2.84. The number of thiophene rings is 1. The van der Waals surface area contributed by atoms with Crippen molar-refractivity contribution < 1.29 is 9.18 Å². The molecule has 2 rings (SSSR count). The molecular weight excluding hydrogens is 215 g/mol. The maximum atomic E-state index is 13.2. The molecular formula is C10H9FN2OS. The third kappa shape index (κ3) is 1.70.